The molecule has 0 aliphatic heterocycles. The van der Waals surface area contributed by atoms with Crippen LogP contribution in [0.2, 0.25) is 0 Å². The maximum atomic E-state index is 9.83. The Morgan fingerprint density at radius 2 is 2.21 bits per heavy atom. The van der Waals surface area contributed by atoms with Crippen molar-refractivity contribution in [2.75, 3.05) is 18.7 Å². The number of aliphatic hydroxyl groups is 1. The van der Waals surface area contributed by atoms with Crippen LogP contribution in [0.3, 0.4) is 0 Å². The molecule has 2 aromatic heterocycles. The van der Waals surface area contributed by atoms with Crippen molar-refractivity contribution in [1.82, 2.24) is 19.7 Å². The van der Waals surface area contributed by atoms with Gasteiger partial charge in [0, 0.05) is 6.54 Å². The molecule has 0 aliphatic carbocycles. The number of hydrogen-bond donors (Lipinski definition) is 2. The molecule has 1 aromatic carbocycles. The number of fused-ring (bicyclic) bond motifs is 1. The molecule has 24 heavy (non-hydrogen) atoms. The molecule has 2 N–H and O–H groups in total. The molecule has 0 saturated carbocycles. The van der Waals surface area contributed by atoms with Gasteiger partial charge in [-0.3, -0.25) is 0 Å². The highest BCUT2D eigenvalue weighted by atomic mass is 32.2. The van der Waals surface area contributed by atoms with Gasteiger partial charge >= 0.3 is 0 Å². The molecule has 126 valence electrons. The smallest absolute Gasteiger partial charge is 0.191 e. The minimum absolute atomic E-state index is 0.594. The van der Waals surface area contributed by atoms with E-state index in [1.54, 1.807) is 20.2 Å². The third-order valence-electron chi connectivity index (χ3n) is 3.56. The van der Waals surface area contributed by atoms with Crippen LogP contribution in [0.15, 0.2) is 35.6 Å². The first-order valence-electron chi connectivity index (χ1n) is 7.46. The summed E-state index contributed by atoms with van der Waals surface area (Å²) in [6.45, 7) is 2.24. The van der Waals surface area contributed by atoms with Crippen LogP contribution in [0, 0.1) is 0 Å². The third-order valence-corrected chi connectivity index (χ3v) is 4.11. The van der Waals surface area contributed by atoms with Gasteiger partial charge in [-0.25, -0.2) is 14.6 Å². The van der Waals surface area contributed by atoms with Crippen LogP contribution < -0.4 is 10.1 Å². The molecular weight excluding hydrogens is 326 g/mol. The second-order valence-electron chi connectivity index (χ2n) is 5.22. The first-order chi connectivity index (χ1) is 11.6. The largest absolute Gasteiger partial charge is 0.497 e. The van der Waals surface area contributed by atoms with Crippen molar-refractivity contribution in [3.05, 3.63) is 36.0 Å². The number of rotatable bonds is 6. The zero-order chi connectivity index (χ0) is 17.1. The van der Waals surface area contributed by atoms with Crippen molar-refractivity contribution in [2.24, 2.45) is 0 Å². The Morgan fingerprint density at radius 1 is 1.38 bits per heavy atom. The summed E-state index contributed by atoms with van der Waals surface area (Å²) in [6.07, 6.45) is 2.83. The van der Waals surface area contributed by atoms with E-state index >= 15 is 0 Å². The van der Waals surface area contributed by atoms with Crippen molar-refractivity contribution >= 4 is 28.6 Å². The summed E-state index contributed by atoms with van der Waals surface area (Å²) in [6, 6.07) is 7.85. The van der Waals surface area contributed by atoms with Gasteiger partial charge in [0.2, 0.25) is 0 Å². The molecule has 0 saturated heterocycles. The van der Waals surface area contributed by atoms with Gasteiger partial charge < -0.3 is 15.2 Å². The lowest BCUT2D eigenvalue weighted by atomic mass is 10.2. The third kappa shape index (κ3) is 3.29. The number of benzene rings is 1. The van der Waals surface area contributed by atoms with Gasteiger partial charge in [0.1, 0.15) is 17.8 Å². The predicted molar refractivity (Wildman–Crippen MR) is 94.4 cm³/mol. The number of aliphatic hydroxyl groups excluding tert-OH is 1. The molecule has 0 spiro atoms. The van der Waals surface area contributed by atoms with E-state index in [4.69, 9.17) is 4.74 Å². The number of ether oxygens (including phenoxy) is 1. The van der Waals surface area contributed by atoms with Crippen molar-refractivity contribution in [2.45, 2.75) is 24.9 Å². The lowest BCUT2D eigenvalue weighted by molar-refractivity contribution is 0.115. The first-order valence-corrected chi connectivity index (χ1v) is 8.69. The number of methoxy groups -OCH3 is 1. The summed E-state index contributed by atoms with van der Waals surface area (Å²) < 4.78 is 6.73. The number of thioether (sulfide) groups is 1. The molecule has 1 unspecified atom stereocenters. The topological polar surface area (TPSA) is 85.1 Å². The van der Waals surface area contributed by atoms with E-state index in [2.05, 4.69) is 20.4 Å². The van der Waals surface area contributed by atoms with Crippen molar-refractivity contribution in [3.63, 3.8) is 0 Å². The van der Waals surface area contributed by atoms with E-state index in [0.717, 1.165) is 16.7 Å². The van der Waals surface area contributed by atoms with Gasteiger partial charge in [0.15, 0.2) is 10.8 Å². The maximum absolute atomic E-state index is 9.83. The van der Waals surface area contributed by atoms with Gasteiger partial charge in [-0.1, -0.05) is 23.9 Å². The van der Waals surface area contributed by atoms with Crippen LogP contribution >= 0.6 is 11.8 Å². The van der Waals surface area contributed by atoms with Crippen molar-refractivity contribution < 1.29 is 9.84 Å². The summed E-state index contributed by atoms with van der Waals surface area (Å²) in [5.41, 5.74) is 1.69. The molecule has 0 radical (unpaired) electrons. The zero-order valence-corrected chi connectivity index (χ0v) is 14.5. The number of nitrogens with one attached hydrogen (secondary N) is 1. The number of anilines is 1. The molecule has 0 fully saturated rings. The highest BCUT2D eigenvalue weighted by Gasteiger charge is 2.14. The van der Waals surface area contributed by atoms with Crippen LogP contribution in [0.5, 0.6) is 5.75 Å². The zero-order valence-electron chi connectivity index (χ0n) is 13.7. The van der Waals surface area contributed by atoms with Crippen LogP contribution in [-0.4, -0.2) is 38.2 Å². The molecule has 0 bridgehead atoms. The van der Waals surface area contributed by atoms with E-state index in [1.807, 2.05) is 30.5 Å². The highest BCUT2D eigenvalue weighted by Crippen LogP contribution is 2.25. The monoisotopic (exact) mass is 345 g/mol. The van der Waals surface area contributed by atoms with E-state index < -0.39 is 6.23 Å². The molecule has 0 aliphatic rings. The normalized spacial score (nSPS) is 12.3. The van der Waals surface area contributed by atoms with Crippen LogP contribution in [-0.2, 0) is 6.54 Å². The molecule has 1 atom stereocenters. The second kappa shape index (κ2) is 7.06. The summed E-state index contributed by atoms with van der Waals surface area (Å²) in [5, 5.41) is 18.8. The Bertz CT molecular complexity index is 850. The van der Waals surface area contributed by atoms with Gasteiger partial charge in [0.25, 0.3) is 0 Å². The molecule has 2 heterocycles. The van der Waals surface area contributed by atoms with Gasteiger partial charge in [-0.05, 0) is 30.9 Å². The molecule has 0 amide bonds. The Balaban J connectivity index is 1.93. The summed E-state index contributed by atoms with van der Waals surface area (Å²) >= 11 is 1.44. The highest BCUT2D eigenvalue weighted by molar-refractivity contribution is 7.98. The Labute approximate surface area is 144 Å². The van der Waals surface area contributed by atoms with Crippen LogP contribution in [0.4, 0.5) is 5.82 Å². The lowest BCUT2D eigenvalue weighted by Gasteiger charge is -2.10. The Hall–Kier alpha value is -2.32. The molecule has 3 aromatic rings. The fraction of sp³-hybridized carbons (Fsp3) is 0.312. The lowest BCUT2D eigenvalue weighted by Crippen LogP contribution is -2.08. The van der Waals surface area contributed by atoms with Gasteiger partial charge in [-0.2, -0.15) is 5.10 Å². The predicted octanol–water partition coefficient (Wildman–Crippen LogP) is 2.68. The molecule has 8 heteroatoms. The number of aromatic nitrogens is 4. The average molecular weight is 345 g/mol. The molecule has 7 nitrogen and oxygen atoms in total. The van der Waals surface area contributed by atoms with Crippen LogP contribution in [0.25, 0.3) is 11.0 Å². The summed E-state index contributed by atoms with van der Waals surface area (Å²) in [5.74, 6) is 1.51. The van der Waals surface area contributed by atoms with Crippen molar-refractivity contribution in [1.29, 1.82) is 0 Å². The fourth-order valence-corrected chi connectivity index (χ4v) is 2.73. The van der Waals surface area contributed by atoms with Crippen molar-refractivity contribution in [3.8, 4) is 5.75 Å². The average Bonchev–Trinajstić information content (AvgIpc) is 3.04. The van der Waals surface area contributed by atoms with E-state index in [1.165, 1.54) is 16.4 Å². The van der Waals surface area contributed by atoms with E-state index in [-0.39, 0.29) is 0 Å². The Morgan fingerprint density at radius 3 is 2.92 bits per heavy atom. The quantitative estimate of drug-likeness (QED) is 0.525. The SMILES string of the molecule is COc1cccc(CNc2nc(SC)nc3c2cnn3C(C)O)c1. The van der Waals surface area contributed by atoms with Gasteiger partial charge in [-0.15, -0.1) is 0 Å². The molecular formula is C16H19N5O2S. The molecule has 3 rings (SSSR count). The minimum atomic E-state index is -0.752. The number of hydrogen-bond acceptors (Lipinski definition) is 7. The summed E-state index contributed by atoms with van der Waals surface area (Å²) in [7, 11) is 1.65. The van der Waals surface area contributed by atoms with E-state index in [9.17, 15) is 5.11 Å². The van der Waals surface area contributed by atoms with Gasteiger partial charge in [0.05, 0.1) is 18.7 Å². The van der Waals surface area contributed by atoms with Crippen LogP contribution in [0.1, 0.15) is 18.7 Å². The number of nitrogens with zero attached hydrogens (tertiary/aromatic N) is 4. The van der Waals surface area contributed by atoms with E-state index in [0.29, 0.717) is 23.2 Å². The summed E-state index contributed by atoms with van der Waals surface area (Å²) in [4.78, 5) is 8.97. The standard InChI is InChI=1S/C16H19N5O2S/c1-10(22)21-15-13(9-18-21)14(19-16(20-15)24-3)17-8-11-5-4-6-12(7-11)23-2/h4-7,9-10,22H,8H2,1-3H3,(H,17,19,20). The first kappa shape index (κ1) is 16.5. The fourth-order valence-electron chi connectivity index (χ4n) is 2.37. The minimum Gasteiger partial charge on any atom is -0.497 e. The second-order valence-corrected chi connectivity index (χ2v) is 6.00. The maximum Gasteiger partial charge on any atom is 0.191 e. The Kier molecular flexibility index (Phi) is 4.86.